The number of hydrogen-bond donors (Lipinski definition) is 2. The minimum Gasteiger partial charge on any atom is -0.508 e. The Bertz CT molecular complexity index is 313. The predicted molar refractivity (Wildman–Crippen MR) is 57.4 cm³/mol. The maximum atomic E-state index is 9.17. The molecule has 0 aromatic heterocycles. The lowest BCUT2D eigenvalue weighted by molar-refractivity contribution is -0.259. The van der Waals surface area contributed by atoms with E-state index in [1.165, 1.54) is 0 Å². The Labute approximate surface area is 89.7 Å². The first-order valence-electron chi connectivity index (χ1n) is 4.95. The SMILES string of the molecule is Cc1cc(O)ccc1OONCC(C)C. The van der Waals surface area contributed by atoms with E-state index in [-0.39, 0.29) is 5.75 Å². The Morgan fingerprint density at radius 2 is 2.13 bits per heavy atom. The Hall–Kier alpha value is -1.26. The minimum atomic E-state index is 0.218. The maximum Gasteiger partial charge on any atom is 0.170 e. The van der Waals surface area contributed by atoms with E-state index in [1.54, 1.807) is 18.2 Å². The van der Waals surface area contributed by atoms with E-state index in [1.807, 2.05) is 6.92 Å². The standard InChI is InChI=1S/C11H17NO3/c1-8(2)7-12-15-14-11-5-4-10(13)6-9(11)3/h4-6,8,12-13H,7H2,1-3H3. The quantitative estimate of drug-likeness (QED) is 0.445. The zero-order valence-electron chi connectivity index (χ0n) is 9.28. The summed E-state index contributed by atoms with van der Waals surface area (Å²) in [6.45, 7) is 6.70. The molecule has 0 saturated carbocycles. The molecule has 0 radical (unpaired) electrons. The van der Waals surface area contributed by atoms with E-state index in [9.17, 15) is 0 Å². The fraction of sp³-hybridized carbons (Fsp3) is 0.455. The zero-order valence-corrected chi connectivity index (χ0v) is 9.28. The summed E-state index contributed by atoms with van der Waals surface area (Å²) < 4.78 is 0. The van der Waals surface area contributed by atoms with Gasteiger partial charge < -0.3 is 9.99 Å². The van der Waals surface area contributed by atoms with Crippen LogP contribution in [0.1, 0.15) is 19.4 Å². The molecule has 0 fully saturated rings. The average molecular weight is 211 g/mol. The van der Waals surface area contributed by atoms with Crippen LogP contribution in [0.3, 0.4) is 0 Å². The molecule has 0 heterocycles. The number of benzene rings is 1. The van der Waals surface area contributed by atoms with Crippen LogP contribution in [0, 0.1) is 12.8 Å². The lowest BCUT2D eigenvalue weighted by Crippen LogP contribution is -2.22. The molecular formula is C11H17NO3. The third-order valence-electron chi connectivity index (χ3n) is 1.84. The second kappa shape index (κ2) is 5.58. The van der Waals surface area contributed by atoms with Gasteiger partial charge in [0.2, 0.25) is 0 Å². The van der Waals surface area contributed by atoms with Gasteiger partial charge in [-0.15, -0.1) is 0 Å². The molecule has 84 valence electrons. The van der Waals surface area contributed by atoms with Crippen LogP contribution in [0.15, 0.2) is 18.2 Å². The summed E-state index contributed by atoms with van der Waals surface area (Å²) in [6, 6.07) is 4.82. The van der Waals surface area contributed by atoms with Crippen LogP contribution >= 0.6 is 0 Å². The zero-order chi connectivity index (χ0) is 11.3. The van der Waals surface area contributed by atoms with Gasteiger partial charge >= 0.3 is 0 Å². The summed E-state index contributed by atoms with van der Waals surface area (Å²) in [6.07, 6.45) is 0. The Balaban J connectivity index is 2.37. The van der Waals surface area contributed by atoms with Gasteiger partial charge in [-0.05, 0) is 36.6 Å². The molecule has 4 nitrogen and oxygen atoms in total. The molecule has 1 aromatic rings. The molecule has 0 aliphatic heterocycles. The Kier molecular flexibility index (Phi) is 4.39. The predicted octanol–water partition coefficient (Wildman–Crippen LogP) is 2.17. The molecule has 0 aliphatic rings. The molecule has 0 aliphatic carbocycles. The largest absolute Gasteiger partial charge is 0.508 e. The van der Waals surface area contributed by atoms with Gasteiger partial charge in [-0.25, -0.2) is 0 Å². The normalized spacial score (nSPS) is 10.7. The minimum absolute atomic E-state index is 0.218. The molecule has 0 unspecified atom stereocenters. The summed E-state index contributed by atoms with van der Waals surface area (Å²) in [5, 5.41) is 9.17. The first-order valence-corrected chi connectivity index (χ1v) is 4.95. The van der Waals surface area contributed by atoms with Crippen LogP contribution in [0.25, 0.3) is 0 Å². The number of hydroxylamine groups is 1. The molecular weight excluding hydrogens is 194 g/mol. The monoisotopic (exact) mass is 211 g/mol. The molecule has 2 N–H and O–H groups in total. The molecule has 0 amide bonds. The van der Waals surface area contributed by atoms with Crippen molar-refractivity contribution in [3.05, 3.63) is 23.8 Å². The molecule has 0 saturated heterocycles. The summed E-state index contributed by atoms with van der Waals surface area (Å²) in [7, 11) is 0. The molecule has 0 bridgehead atoms. The van der Waals surface area contributed by atoms with Gasteiger partial charge in [-0.1, -0.05) is 18.8 Å². The van der Waals surface area contributed by atoms with Crippen molar-refractivity contribution in [1.82, 2.24) is 5.48 Å². The van der Waals surface area contributed by atoms with Gasteiger partial charge in [0.25, 0.3) is 0 Å². The molecule has 0 spiro atoms. The molecule has 4 heteroatoms. The summed E-state index contributed by atoms with van der Waals surface area (Å²) >= 11 is 0. The summed E-state index contributed by atoms with van der Waals surface area (Å²) in [5.41, 5.74) is 3.51. The van der Waals surface area contributed by atoms with Crippen LogP contribution in [-0.4, -0.2) is 11.7 Å². The van der Waals surface area contributed by atoms with Crippen molar-refractivity contribution in [3.8, 4) is 11.5 Å². The number of rotatable bonds is 5. The van der Waals surface area contributed by atoms with Crippen molar-refractivity contribution in [2.75, 3.05) is 6.54 Å². The maximum absolute atomic E-state index is 9.17. The van der Waals surface area contributed by atoms with Gasteiger partial charge in [-0.2, -0.15) is 5.48 Å². The van der Waals surface area contributed by atoms with E-state index < -0.39 is 0 Å². The number of nitrogens with one attached hydrogen (secondary N) is 1. The van der Waals surface area contributed by atoms with E-state index in [0.717, 1.165) is 12.1 Å². The first-order chi connectivity index (χ1) is 7.09. The lowest BCUT2D eigenvalue weighted by atomic mass is 10.2. The van der Waals surface area contributed by atoms with Gasteiger partial charge in [0.15, 0.2) is 5.75 Å². The van der Waals surface area contributed by atoms with Gasteiger partial charge in [-0.3, -0.25) is 0 Å². The second-order valence-corrected chi connectivity index (χ2v) is 3.86. The highest BCUT2D eigenvalue weighted by Gasteiger charge is 2.01. The fourth-order valence-electron chi connectivity index (χ4n) is 1.00. The van der Waals surface area contributed by atoms with E-state index in [4.69, 9.17) is 15.0 Å². The van der Waals surface area contributed by atoms with E-state index in [2.05, 4.69) is 19.3 Å². The van der Waals surface area contributed by atoms with Crippen LogP contribution in [0.5, 0.6) is 11.5 Å². The molecule has 15 heavy (non-hydrogen) atoms. The number of aryl methyl sites for hydroxylation is 1. The van der Waals surface area contributed by atoms with E-state index >= 15 is 0 Å². The Morgan fingerprint density at radius 1 is 1.40 bits per heavy atom. The number of hydrogen-bond acceptors (Lipinski definition) is 4. The highest BCUT2D eigenvalue weighted by molar-refractivity contribution is 5.38. The van der Waals surface area contributed by atoms with Crippen molar-refractivity contribution >= 4 is 0 Å². The number of phenolic OH excluding ortho intramolecular Hbond substituents is 1. The second-order valence-electron chi connectivity index (χ2n) is 3.86. The fourth-order valence-corrected chi connectivity index (χ4v) is 1.00. The highest BCUT2D eigenvalue weighted by atomic mass is 17.3. The summed E-state index contributed by atoms with van der Waals surface area (Å²) in [5.74, 6) is 1.30. The van der Waals surface area contributed by atoms with Crippen LogP contribution in [-0.2, 0) is 4.99 Å². The molecule has 1 rings (SSSR count). The smallest absolute Gasteiger partial charge is 0.170 e. The first kappa shape index (κ1) is 11.8. The third-order valence-corrected chi connectivity index (χ3v) is 1.84. The van der Waals surface area contributed by atoms with Crippen molar-refractivity contribution in [1.29, 1.82) is 0 Å². The molecule has 1 aromatic carbocycles. The van der Waals surface area contributed by atoms with Crippen molar-refractivity contribution in [3.63, 3.8) is 0 Å². The van der Waals surface area contributed by atoms with Crippen molar-refractivity contribution < 1.29 is 15.0 Å². The molecule has 0 atom stereocenters. The average Bonchev–Trinajstić information content (AvgIpc) is 2.14. The van der Waals surface area contributed by atoms with Gasteiger partial charge in [0.05, 0.1) is 0 Å². The van der Waals surface area contributed by atoms with E-state index in [0.29, 0.717) is 11.7 Å². The van der Waals surface area contributed by atoms with Gasteiger partial charge in [0, 0.05) is 6.54 Å². The number of aromatic hydroxyl groups is 1. The summed E-state index contributed by atoms with van der Waals surface area (Å²) in [4.78, 5) is 9.84. The topological polar surface area (TPSA) is 50.7 Å². The van der Waals surface area contributed by atoms with Crippen molar-refractivity contribution in [2.24, 2.45) is 5.92 Å². The highest BCUT2D eigenvalue weighted by Crippen LogP contribution is 2.22. The third kappa shape index (κ3) is 4.18. The lowest BCUT2D eigenvalue weighted by Gasteiger charge is -2.09. The number of phenols is 1. The van der Waals surface area contributed by atoms with Crippen LogP contribution in [0.4, 0.5) is 0 Å². The van der Waals surface area contributed by atoms with Crippen molar-refractivity contribution in [2.45, 2.75) is 20.8 Å². The van der Waals surface area contributed by atoms with Crippen LogP contribution < -0.4 is 10.4 Å². The Morgan fingerprint density at radius 3 is 2.73 bits per heavy atom. The van der Waals surface area contributed by atoms with Gasteiger partial charge in [0.1, 0.15) is 5.75 Å². The van der Waals surface area contributed by atoms with Crippen LogP contribution in [0.2, 0.25) is 0 Å².